The Hall–Kier alpha value is -2.01. The molecule has 0 aliphatic heterocycles. The van der Waals surface area contributed by atoms with Crippen LogP contribution in [0.5, 0.6) is 0 Å². The third-order valence-electron chi connectivity index (χ3n) is 3.01. The number of nitrogens with zero attached hydrogens (tertiary/aromatic N) is 1. The highest BCUT2D eigenvalue weighted by atomic mass is 79.9. The number of urea groups is 1. The number of halogens is 1. The minimum absolute atomic E-state index is 0.212. The van der Waals surface area contributed by atoms with Gasteiger partial charge in [-0.3, -0.25) is 0 Å². The summed E-state index contributed by atoms with van der Waals surface area (Å²) >= 11 is 3.38. The molecule has 0 saturated carbocycles. The largest absolute Gasteiger partial charge is 0.378 e. The van der Waals surface area contributed by atoms with E-state index in [2.05, 4.69) is 26.6 Å². The molecule has 2 amide bonds. The average Bonchev–Trinajstić information content (AvgIpc) is 2.47. The second kappa shape index (κ2) is 7.13. The summed E-state index contributed by atoms with van der Waals surface area (Å²) in [4.78, 5) is 13.8. The van der Waals surface area contributed by atoms with Gasteiger partial charge in [-0.15, -0.1) is 0 Å². The molecule has 0 fully saturated rings. The van der Waals surface area contributed by atoms with E-state index in [1.54, 1.807) is 0 Å². The maximum atomic E-state index is 11.8. The minimum Gasteiger partial charge on any atom is -0.378 e. The summed E-state index contributed by atoms with van der Waals surface area (Å²) in [5.41, 5.74) is 2.92. The van der Waals surface area contributed by atoms with Gasteiger partial charge >= 0.3 is 6.03 Å². The monoisotopic (exact) mass is 347 g/mol. The number of rotatable bonds is 4. The Kier molecular flexibility index (Phi) is 5.22. The average molecular weight is 348 g/mol. The van der Waals surface area contributed by atoms with Crippen molar-refractivity contribution >= 4 is 33.3 Å². The molecule has 0 aliphatic carbocycles. The van der Waals surface area contributed by atoms with Crippen LogP contribution in [0.3, 0.4) is 0 Å². The van der Waals surface area contributed by atoms with Gasteiger partial charge in [-0.05, 0) is 42.0 Å². The van der Waals surface area contributed by atoms with E-state index in [1.165, 1.54) is 0 Å². The quantitative estimate of drug-likeness (QED) is 0.882. The zero-order valence-electron chi connectivity index (χ0n) is 12.1. The Labute approximate surface area is 133 Å². The van der Waals surface area contributed by atoms with Crippen molar-refractivity contribution in [1.82, 2.24) is 5.32 Å². The van der Waals surface area contributed by atoms with E-state index >= 15 is 0 Å². The van der Waals surface area contributed by atoms with Crippen LogP contribution in [0.1, 0.15) is 5.56 Å². The number of hydrogen-bond donors (Lipinski definition) is 2. The number of nitrogens with one attached hydrogen (secondary N) is 2. The zero-order valence-corrected chi connectivity index (χ0v) is 13.6. The van der Waals surface area contributed by atoms with E-state index in [-0.39, 0.29) is 6.03 Å². The van der Waals surface area contributed by atoms with Crippen LogP contribution in [0, 0.1) is 0 Å². The van der Waals surface area contributed by atoms with Gasteiger partial charge in [0.05, 0.1) is 0 Å². The second-order valence-electron chi connectivity index (χ2n) is 4.88. The summed E-state index contributed by atoms with van der Waals surface area (Å²) in [7, 11) is 3.96. The Morgan fingerprint density at radius 2 is 1.67 bits per heavy atom. The highest BCUT2D eigenvalue weighted by Gasteiger charge is 2.02. The molecule has 110 valence electrons. The molecule has 0 spiro atoms. The molecule has 0 bridgehead atoms. The molecule has 2 N–H and O–H groups in total. The molecule has 0 unspecified atom stereocenters. The molecular weight excluding hydrogens is 330 g/mol. The number of hydrogen-bond acceptors (Lipinski definition) is 2. The summed E-state index contributed by atoms with van der Waals surface area (Å²) in [5.74, 6) is 0. The topological polar surface area (TPSA) is 44.4 Å². The molecule has 2 aromatic carbocycles. The van der Waals surface area contributed by atoms with Crippen LogP contribution in [0.25, 0.3) is 0 Å². The van der Waals surface area contributed by atoms with Crippen molar-refractivity contribution in [3.8, 4) is 0 Å². The van der Waals surface area contributed by atoms with E-state index in [0.717, 1.165) is 21.4 Å². The van der Waals surface area contributed by atoms with Gasteiger partial charge in [0.2, 0.25) is 0 Å². The van der Waals surface area contributed by atoms with E-state index < -0.39 is 0 Å². The first kappa shape index (κ1) is 15.4. The normalized spacial score (nSPS) is 10.0. The van der Waals surface area contributed by atoms with Crippen LogP contribution >= 0.6 is 15.9 Å². The van der Waals surface area contributed by atoms with E-state index in [4.69, 9.17) is 0 Å². The SMILES string of the molecule is CN(C)c1ccc(NC(=O)NCc2ccc(Br)cc2)cc1. The third-order valence-corrected chi connectivity index (χ3v) is 3.54. The van der Waals surface area contributed by atoms with Gasteiger partial charge < -0.3 is 15.5 Å². The second-order valence-corrected chi connectivity index (χ2v) is 5.79. The molecule has 2 rings (SSSR count). The summed E-state index contributed by atoms with van der Waals surface area (Å²) < 4.78 is 1.02. The van der Waals surface area contributed by atoms with Crippen molar-refractivity contribution in [3.63, 3.8) is 0 Å². The van der Waals surface area contributed by atoms with E-state index in [9.17, 15) is 4.79 Å². The lowest BCUT2D eigenvalue weighted by Crippen LogP contribution is -2.28. The highest BCUT2D eigenvalue weighted by Crippen LogP contribution is 2.15. The first-order valence-electron chi connectivity index (χ1n) is 6.61. The summed E-state index contributed by atoms with van der Waals surface area (Å²) in [6.07, 6.45) is 0. The number of amides is 2. The van der Waals surface area contributed by atoms with Gasteiger partial charge in [-0.2, -0.15) is 0 Å². The van der Waals surface area contributed by atoms with Gasteiger partial charge in [0, 0.05) is 36.5 Å². The fourth-order valence-electron chi connectivity index (χ4n) is 1.80. The maximum Gasteiger partial charge on any atom is 0.319 e. The molecule has 5 heteroatoms. The Balaban J connectivity index is 1.85. The first-order chi connectivity index (χ1) is 10.0. The molecule has 0 atom stereocenters. The summed E-state index contributed by atoms with van der Waals surface area (Å²) in [6, 6.07) is 15.3. The Morgan fingerprint density at radius 1 is 1.05 bits per heavy atom. The molecule has 0 radical (unpaired) electrons. The fourth-order valence-corrected chi connectivity index (χ4v) is 2.07. The van der Waals surface area contributed by atoms with Crippen molar-refractivity contribution < 1.29 is 4.79 Å². The first-order valence-corrected chi connectivity index (χ1v) is 7.40. The maximum absolute atomic E-state index is 11.8. The third kappa shape index (κ3) is 4.79. The molecular formula is C16H18BrN3O. The van der Waals surface area contributed by atoms with Gasteiger partial charge in [0.25, 0.3) is 0 Å². The van der Waals surface area contributed by atoms with Crippen LogP contribution in [-0.4, -0.2) is 20.1 Å². The van der Waals surface area contributed by atoms with Gasteiger partial charge in [0.1, 0.15) is 0 Å². The van der Waals surface area contributed by atoms with Crippen LogP contribution in [-0.2, 0) is 6.54 Å². The molecule has 2 aromatic rings. The lowest BCUT2D eigenvalue weighted by Gasteiger charge is -2.13. The van der Waals surface area contributed by atoms with E-state index in [0.29, 0.717) is 6.54 Å². The zero-order chi connectivity index (χ0) is 15.2. The predicted octanol–water partition coefficient (Wildman–Crippen LogP) is 3.84. The Morgan fingerprint density at radius 3 is 2.24 bits per heavy atom. The van der Waals surface area contributed by atoms with Gasteiger partial charge in [0.15, 0.2) is 0 Å². The van der Waals surface area contributed by atoms with Crippen LogP contribution in [0.2, 0.25) is 0 Å². The van der Waals surface area contributed by atoms with Crippen molar-refractivity contribution in [3.05, 3.63) is 58.6 Å². The summed E-state index contributed by atoms with van der Waals surface area (Å²) in [5, 5.41) is 5.64. The molecule has 0 heterocycles. The van der Waals surface area contributed by atoms with Gasteiger partial charge in [-0.1, -0.05) is 28.1 Å². The predicted molar refractivity (Wildman–Crippen MR) is 90.8 cm³/mol. The van der Waals surface area contributed by atoms with E-state index in [1.807, 2.05) is 67.5 Å². The number of carbonyl (C=O) groups is 1. The summed E-state index contributed by atoms with van der Waals surface area (Å²) in [6.45, 7) is 0.495. The molecule has 21 heavy (non-hydrogen) atoms. The van der Waals surface area contributed by atoms with Crippen molar-refractivity contribution in [2.75, 3.05) is 24.3 Å². The molecule has 0 saturated heterocycles. The lowest BCUT2D eigenvalue weighted by atomic mass is 10.2. The lowest BCUT2D eigenvalue weighted by molar-refractivity contribution is 0.251. The number of benzene rings is 2. The fraction of sp³-hybridized carbons (Fsp3) is 0.188. The number of anilines is 2. The van der Waals surface area contributed by atoms with Crippen molar-refractivity contribution in [2.24, 2.45) is 0 Å². The van der Waals surface area contributed by atoms with Crippen LogP contribution < -0.4 is 15.5 Å². The highest BCUT2D eigenvalue weighted by molar-refractivity contribution is 9.10. The number of carbonyl (C=O) groups excluding carboxylic acids is 1. The minimum atomic E-state index is -0.212. The standard InChI is InChI=1S/C16H18BrN3O/c1-20(2)15-9-7-14(8-10-15)19-16(21)18-11-12-3-5-13(17)6-4-12/h3-10H,11H2,1-2H3,(H2,18,19,21). The smallest absolute Gasteiger partial charge is 0.319 e. The van der Waals surface area contributed by atoms with Crippen molar-refractivity contribution in [2.45, 2.75) is 6.54 Å². The molecule has 0 aliphatic rings. The van der Waals surface area contributed by atoms with Gasteiger partial charge in [-0.25, -0.2) is 4.79 Å². The Bertz CT molecular complexity index is 594. The van der Waals surface area contributed by atoms with Crippen LogP contribution in [0.4, 0.5) is 16.2 Å². The van der Waals surface area contributed by atoms with Crippen LogP contribution in [0.15, 0.2) is 53.0 Å². The molecule has 4 nitrogen and oxygen atoms in total. The van der Waals surface area contributed by atoms with Crippen molar-refractivity contribution in [1.29, 1.82) is 0 Å². The molecule has 0 aromatic heterocycles.